The molecule has 2 aromatic carbocycles. The van der Waals surface area contributed by atoms with E-state index < -0.39 is 33.4 Å². The molecule has 1 aliphatic rings. The van der Waals surface area contributed by atoms with E-state index in [9.17, 15) is 22.8 Å². The van der Waals surface area contributed by atoms with Gasteiger partial charge in [-0.2, -0.15) is 4.72 Å². The molecule has 2 aromatic rings. The number of benzene rings is 2. The van der Waals surface area contributed by atoms with Gasteiger partial charge in [-0.05, 0) is 50.2 Å². The molecule has 31 heavy (non-hydrogen) atoms. The lowest BCUT2D eigenvalue weighted by molar-refractivity contribution is -0.121. The lowest BCUT2D eigenvalue weighted by Crippen LogP contribution is -2.40. The molecular weight excluding hydrogens is 420 g/mol. The molecule has 3 N–H and O–H groups in total. The number of carbonyl (C=O) groups is 3. The smallest absolute Gasteiger partial charge is 0.323 e. The second kappa shape index (κ2) is 8.22. The number of nitrogens with zero attached hydrogens (tertiary/aromatic N) is 1. The van der Waals surface area contributed by atoms with Gasteiger partial charge in [0.15, 0.2) is 0 Å². The van der Waals surface area contributed by atoms with Crippen molar-refractivity contribution in [3.63, 3.8) is 0 Å². The van der Waals surface area contributed by atoms with Gasteiger partial charge >= 0.3 is 6.03 Å². The maximum atomic E-state index is 12.7. The Morgan fingerprint density at radius 3 is 2.52 bits per heavy atom. The summed E-state index contributed by atoms with van der Waals surface area (Å²) in [7, 11) is -3.85. The third-order valence-electron chi connectivity index (χ3n) is 4.49. The van der Waals surface area contributed by atoms with E-state index in [1.807, 2.05) is 0 Å². The molecule has 0 radical (unpaired) electrons. The fourth-order valence-corrected chi connectivity index (χ4v) is 3.91. The highest BCUT2D eigenvalue weighted by Gasteiger charge is 2.45. The Labute approximate surface area is 179 Å². The first kappa shape index (κ1) is 22.0. The number of urea groups is 1. The molecule has 1 heterocycles. The molecule has 0 aliphatic carbocycles. The lowest BCUT2D eigenvalue weighted by Gasteiger charge is -2.17. The van der Waals surface area contributed by atoms with E-state index in [2.05, 4.69) is 21.3 Å². The first-order valence-electron chi connectivity index (χ1n) is 9.16. The van der Waals surface area contributed by atoms with Crippen LogP contribution in [0.5, 0.6) is 0 Å². The molecule has 3 rings (SSSR count). The SMILES string of the molecule is C#CCNS(=O)(=O)c1cccc(C(=O)Nc2cccc(N3C(=O)NC(C)(C)C3=O)c2)c1. The number of rotatable bonds is 6. The van der Waals surface area contributed by atoms with Crippen LogP contribution in [0.1, 0.15) is 24.2 Å². The van der Waals surface area contributed by atoms with Gasteiger partial charge < -0.3 is 10.6 Å². The summed E-state index contributed by atoms with van der Waals surface area (Å²) in [5, 5.41) is 5.23. The summed E-state index contributed by atoms with van der Waals surface area (Å²) in [5.41, 5.74) is -0.312. The number of hydrogen-bond acceptors (Lipinski definition) is 5. The Hall–Kier alpha value is -3.68. The minimum atomic E-state index is -3.85. The average Bonchev–Trinajstić information content (AvgIpc) is 2.93. The molecule has 9 nitrogen and oxygen atoms in total. The highest BCUT2D eigenvalue weighted by atomic mass is 32.2. The van der Waals surface area contributed by atoms with Crippen LogP contribution >= 0.6 is 0 Å². The summed E-state index contributed by atoms with van der Waals surface area (Å²) in [6.07, 6.45) is 5.08. The lowest BCUT2D eigenvalue weighted by atomic mass is 10.1. The third kappa shape index (κ3) is 4.58. The van der Waals surface area contributed by atoms with Crippen LogP contribution in [0.15, 0.2) is 53.4 Å². The van der Waals surface area contributed by atoms with Crippen LogP contribution in [0.25, 0.3) is 0 Å². The normalized spacial score (nSPS) is 15.3. The van der Waals surface area contributed by atoms with Gasteiger partial charge in [0.2, 0.25) is 10.0 Å². The predicted octanol–water partition coefficient (Wildman–Crippen LogP) is 1.69. The van der Waals surface area contributed by atoms with E-state index in [1.54, 1.807) is 32.0 Å². The van der Waals surface area contributed by atoms with Gasteiger partial charge in [0.05, 0.1) is 17.1 Å². The second-order valence-corrected chi connectivity index (χ2v) is 9.02. The van der Waals surface area contributed by atoms with Gasteiger partial charge in [-0.15, -0.1) is 6.42 Å². The van der Waals surface area contributed by atoms with Crippen LogP contribution in [-0.4, -0.2) is 38.3 Å². The summed E-state index contributed by atoms with van der Waals surface area (Å²) in [5.74, 6) is 1.19. The molecule has 1 saturated heterocycles. The van der Waals surface area contributed by atoms with Crippen molar-refractivity contribution in [1.29, 1.82) is 0 Å². The number of hydrogen-bond donors (Lipinski definition) is 3. The second-order valence-electron chi connectivity index (χ2n) is 7.26. The molecule has 1 fully saturated rings. The van der Waals surface area contributed by atoms with E-state index in [0.29, 0.717) is 11.4 Å². The summed E-state index contributed by atoms with van der Waals surface area (Å²) in [4.78, 5) is 38.2. The van der Waals surface area contributed by atoms with Crippen molar-refractivity contribution >= 4 is 39.2 Å². The third-order valence-corrected chi connectivity index (χ3v) is 5.89. The van der Waals surface area contributed by atoms with Crippen LogP contribution in [0, 0.1) is 12.3 Å². The number of nitrogens with one attached hydrogen (secondary N) is 3. The molecule has 1 aliphatic heterocycles. The highest BCUT2D eigenvalue weighted by Crippen LogP contribution is 2.27. The zero-order valence-corrected chi connectivity index (χ0v) is 17.6. The Morgan fingerprint density at radius 1 is 1.16 bits per heavy atom. The minimum absolute atomic E-state index is 0.102. The fraction of sp³-hybridized carbons (Fsp3) is 0.190. The van der Waals surface area contributed by atoms with Crippen LogP contribution in [-0.2, 0) is 14.8 Å². The molecule has 0 aromatic heterocycles. The zero-order chi connectivity index (χ0) is 22.8. The summed E-state index contributed by atoms with van der Waals surface area (Å²) < 4.78 is 26.7. The Bertz CT molecular complexity index is 1210. The summed E-state index contributed by atoms with van der Waals surface area (Å²) >= 11 is 0. The topological polar surface area (TPSA) is 125 Å². The Balaban J connectivity index is 1.82. The summed E-state index contributed by atoms with van der Waals surface area (Å²) in [6, 6.07) is 11.1. The Kier molecular flexibility index (Phi) is 5.83. The van der Waals surface area contributed by atoms with Crippen molar-refractivity contribution in [3.8, 4) is 12.3 Å². The number of sulfonamides is 1. The van der Waals surface area contributed by atoms with E-state index in [1.165, 1.54) is 30.3 Å². The van der Waals surface area contributed by atoms with Crippen molar-refractivity contribution < 1.29 is 22.8 Å². The predicted molar refractivity (Wildman–Crippen MR) is 115 cm³/mol. The fourth-order valence-electron chi connectivity index (χ4n) is 2.93. The van der Waals surface area contributed by atoms with Gasteiger partial charge in [-0.1, -0.05) is 18.1 Å². The highest BCUT2D eigenvalue weighted by molar-refractivity contribution is 7.89. The number of amides is 4. The molecule has 0 bridgehead atoms. The zero-order valence-electron chi connectivity index (χ0n) is 16.8. The maximum absolute atomic E-state index is 12.7. The van der Waals surface area contributed by atoms with E-state index >= 15 is 0 Å². The van der Waals surface area contributed by atoms with Gasteiger partial charge in [0, 0.05) is 11.3 Å². The quantitative estimate of drug-likeness (QED) is 0.466. The monoisotopic (exact) mass is 440 g/mol. The van der Waals surface area contributed by atoms with E-state index in [0.717, 1.165) is 4.90 Å². The van der Waals surface area contributed by atoms with E-state index in [-0.39, 0.29) is 17.0 Å². The largest absolute Gasteiger partial charge is 0.329 e. The average molecular weight is 440 g/mol. The Morgan fingerprint density at radius 2 is 1.87 bits per heavy atom. The van der Waals surface area contributed by atoms with Crippen LogP contribution < -0.4 is 20.3 Å². The van der Waals surface area contributed by atoms with Crippen molar-refractivity contribution in [2.45, 2.75) is 24.3 Å². The first-order chi connectivity index (χ1) is 14.5. The van der Waals surface area contributed by atoms with Gasteiger partial charge in [-0.3, -0.25) is 9.59 Å². The van der Waals surface area contributed by atoms with Gasteiger partial charge in [-0.25, -0.2) is 18.1 Å². The van der Waals surface area contributed by atoms with Crippen LogP contribution in [0.2, 0.25) is 0 Å². The van der Waals surface area contributed by atoms with Crippen molar-refractivity contribution in [1.82, 2.24) is 10.0 Å². The first-order valence-corrected chi connectivity index (χ1v) is 10.6. The number of terminal acetylenes is 1. The molecule has 0 saturated carbocycles. The van der Waals surface area contributed by atoms with Crippen molar-refractivity contribution in [2.24, 2.45) is 0 Å². The number of anilines is 2. The van der Waals surface area contributed by atoms with Crippen molar-refractivity contribution in [3.05, 3.63) is 54.1 Å². The van der Waals surface area contributed by atoms with Gasteiger partial charge in [0.25, 0.3) is 11.8 Å². The van der Waals surface area contributed by atoms with Gasteiger partial charge in [0.1, 0.15) is 5.54 Å². The minimum Gasteiger partial charge on any atom is -0.323 e. The molecule has 160 valence electrons. The maximum Gasteiger partial charge on any atom is 0.329 e. The van der Waals surface area contributed by atoms with Crippen molar-refractivity contribution in [2.75, 3.05) is 16.8 Å². The standard InChI is InChI=1S/C21H20N4O5S/c1-4-11-22-31(29,30)17-10-5-7-14(12-17)18(26)23-15-8-6-9-16(13-15)25-19(27)21(2,3)24-20(25)28/h1,5-10,12-13,22H,11H2,2-3H3,(H,23,26)(H,24,28). The molecule has 0 spiro atoms. The molecule has 0 atom stereocenters. The van der Waals surface area contributed by atoms with Crippen LogP contribution in [0.4, 0.5) is 16.2 Å². The summed E-state index contributed by atoms with van der Waals surface area (Å²) in [6.45, 7) is 3.02. The number of imide groups is 1. The molecule has 10 heteroatoms. The number of carbonyl (C=O) groups excluding carboxylic acids is 3. The van der Waals surface area contributed by atoms with Crippen LogP contribution in [0.3, 0.4) is 0 Å². The molecule has 4 amide bonds. The molecular formula is C21H20N4O5S. The van der Waals surface area contributed by atoms with E-state index in [4.69, 9.17) is 6.42 Å². The molecule has 0 unspecified atom stereocenters.